The number of aryl methyl sites for hydroxylation is 1. The number of amides is 1. The molecule has 0 saturated carbocycles. The summed E-state index contributed by atoms with van der Waals surface area (Å²) in [6, 6.07) is 20.3. The summed E-state index contributed by atoms with van der Waals surface area (Å²) in [5.41, 5.74) is 2.48. The molecule has 0 spiro atoms. The van der Waals surface area contributed by atoms with Gasteiger partial charge < -0.3 is 15.1 Å². The molecular weight excluding hydrogens is 479 g/mol. The van der Waals surface area contributed by atoms with E-state index in [0.29, 0.717) is 26.7 Å². The maximum atomic E-state index is 13.8. The number of halogens is 1. The lowest BCUT2D eigenvalue weighted by Crippen LogP contribution is -2.30. The summed E-state index contributed by atoms with van der Waals surface area (Å²) < 4.78 is 13.4. The first-order valence-corrected chi connectivity index (χ1v) is 12.0. The van der Waals surface area contributed by atoms with Gasteiger partial charge in [0.05, 0.1) is 22.2 Å². The van der Waals surface area contributed by atoms with Crippen molar-refractivity contribution in [3.05, 3.63) is 118 Å². The van der Waals surface area contributed by atoms with Crippen LogP contribution in [0.15, 0.2) is 90.2 Å². The zero-order valence-electron chi connectivity index (χ0n) is 19.2. The molecule has 8 heteroatoms. The van der Waals surface area contributed by atoms with Gasteiger partial charge in [0.2, 0.25) is 5.78 Å². The van der Waals surface area contributed by atoms with Crippen LogP contribution in [0.3, 0.4) is 0 Å². The largest absolute Gasteiger partial charge is 0.508 e. The van der Waals surface area contributed by atoms with E-state index in [0.717, 1.165) is 5.56 Å². The van der Waals surface area contributed by atoms with Crippen LogP contribution in [-0.4, -0.2) is 31.8 Å². The monoisotopic (exact) mass is 500 g/mol. The molecule has 0 aliphatic carbocycles. The maximum Gasteiger partial charge on any atom is 0.290 e. The fourth-order valence-corrected chi connectivity index (χ4v) is 5.30. The number of carbonyl (C=O) groups excluding carboxylic acids is 2. The number of hydrogen-bond donors (Lipinski definition) is 2. The Morgan fingerprint density at radius 3 is 2.33 bits per heavy atom. The highest BCUT2D eigenvalue weighted by Gasteiger charge is 2.44. The summed E-state index contributed by atoms with van der Waals surface area (Å²) >= 11 is 1.20. The molecule has 1 amide bonds. The predicted octanol–water partition coefficient (Wildman–Crippen LogP) is 5.74. The van der Waals surface area contributed by atoms with Gasteiger partial charge in [-0.25, -0.2) is 9.37 Å². The van der Waals surface area contributed by atoms with Crippen LogP contribution >= 0.6 is 11.3 Å². The van der Waals surface area contributed by atoms with Crippen LogP contribution in [0.4, 0.5) is 4.39 Å². The molecule has 1 aliphatic heterocycles. The van der Waals surface area contributed by atoms with Crippen molar-refractivity contribution in [1.29, 1.82) is 0 Å². The van der Waals surface area contributed by atoms with Gasteiger partial charge in [-0.3, -0.25) is 9.59 Å². The molecule has 2 N–H and O–H groups in total. The molecule has 180 valence electrons. The van der Waals surface area contributed by atoms with Gasteiger partial charge in [-0.1, -0.05) is 54.6 Å². The second kappa shape index (κ2) is 9.39. The molecule has 1 atom stereocenters. The van der Waals surface area contributed by atoms with E-state index in [1.165, 1.54) is 40.5 Å². The van der Waals surface area contributed by atoms with E-state index in [1.807, 2.05) is 30.3 Å². The van der Waals surface area contributed by atoms with E-state index in [4.69, 9.17) is 0 Å². The summed E-state index contributed by atoms with van der Waals surface area (Å²) in [7, 11) is 0. The van der Waals surface area contributed by atoms with Crippen molar-refractivity contribution < 1.29 is 24.2 Å². The summed E-state index contributed by atoms with van der Waals surface area (Å²) in [5.74, 6) is -2.20. The molecule has 6 nitrogen and oxygen atoms in total. The summed E-state index contributed by atoms with van der Waals surface area (Å²) in [5, 5.41) is 21.4. The van der Waals surface area contributed by atoms with Crippen LogP contribution in [-0.2, 0) is 11.3 Å². The van der Waals surface area contributed by atoms with Gasteiger partial charge in [-0.2, -0.15) is 0 Å². The molecule has 0 fully saturated rings. The summed E-state index contributed by atoms with van der Waals surface area (Å²) in [6.07, 6.45) is 0. The van der Waals surface area contributed by atoms with Crippen LogP contribution in [0.2, 0.25) is 0 Å². The van der Waals surface area contributed by atoms with Gasteiger partial charge >= 0.3 is 0 Å². The number of Topliss-reactive ketones (excluding diaryl/α,β-unsaturated/α-hetero) is 1. The number of carbonyl (C=O) groups is 2. The van der Waals surface area contributed by atoms with Crippen LogP contribution in [0.25, 0.3) is 10.6 Å². The van der Waals surface area contributed by atoms with Crippen molar-refractivity contribution in [3.63, 3.8) is 0 Å². The Morgan fingerprint density at radius 1 is 1.00 bits per heavy atom. The number of phenolic OH excluding ortho intramolecular Hbond substituents is 1. The molecule has 1 aliphatic rings. The highest BCUT2D eigenvalue weighted by molar-refractivity contribution is 7.17. The lowest BCUT2D eigenvalue weighted by atomic mass is 9.94. The zero-order chi connectivity index (χ0) is 25.4. The predicted molar refractivity (Wildman–Crippen MR) is 134 cm³/mol. The second-order valence-corrected chi connectivity index (χ2v) is 9.44. The Kier molecular flexibility index (Phi) is 6.12. The van der Waals surface area contributed by atoms with Gasteiger partial charge in [0.25, 0.3) is 5.91 Å². The Labute approximate surface area is 210 Å². The number of aliphatic hydroxyl groups is 1. The normalized spacial score (nSPS) is 15.6. The molecule has 0 radical (unpaired) electrons. The van der Waals surface area contributed by atoms with Crippen molar-refractivity contribution >= 4 is 23.0 Å². The third kappa shape index (κ3) is 4.27. The SMILES string of the molecule is Cc1nc(-c2ccccc2)sc1C(=O)C1=C(O)C(=O)N(Cc2ccc(F)cc2)C1c1ccc(O)cc1. The standard InChI is InChI=1S/C28H21FN2O4S/c1-16-26(36-27(30-16)19-5-3-2-4-6-19)24(33)22-23(18-9-13-21(32)14-10-18)31(28(35)25(22)34)15-17-7-11-20(29)12-8-17/h2-14,23,32,34H,15H2,1H3. The summed E-state index contributed by atoms with van der Waals surface area (Å²) in [6.45, 7) is 1.76. The topological polar surface area (TPSA) is 90.7 Å². The van der Waals surface area contributed by atoms with Crippen LogP contribution in [0.1, 0.15) is 32.5 Å². The highest BCUT2D eigenvalue weighted by Crippen LogP contribution is 2.42. The lowest BCUT2D eigenvalue weighted by molar-refractivity contribution is -0.130. The van der Waals surface area contributed by atoms with E-state index < -0.39 is 29.3 Å². The van der Waals surface area contributed by atoms with Crippen molar-refractivity contribution in [2.24, 2.45) is 0 Å². The number of nitrogens with zero attached hydrogens (tertiary/aromatic N) is 2. The smallest absolute Gasteiger partial charge is 0.290 e. The van der Waals surface area contributed by atoms with Crippen LogP contribution in [0, 0.1) is 12.7 Å². The molecule has 3 aromatic carbocycles. The molecule has 2 heterocycles. The fourth-order valence-electron chi connectivity index (χ4n) is 4.27. The van der Waals surface area contributed by atoms with Gasteiger partial charge in [0, 0.05) is 12.1 Å². The lowest BCUT2D eigenvalue weighted by Gasteiger charge is -2.27. The molecule has 1 aromatic heterocycles. The number of benzene rings is 3. The van der Waals surface area contributed by atoms with Crippen molar-refractivity contribution in [2.75, 3.05) is 0 Å². The van der Waals surface area contributed by atoms with E-state index in [-0.39, 0.29) is 17.9 Å². The first kappa shape index (κ1) is 23.4. The molecule has 5 rings (SSSR count). The van der Waals surface area contributed by atoms with E-state index >= 15 is 0 Å². The molecule has 36 heavy (non-hydrogen) atoms. The average molecular weight is 501 g/mol. The number of aromatic hydroxyl groups is 1. The van der Waals surface area contributed by atoms with Crippen molar-refractivity contribution in [3.8, 4) is 16.3 Å². The van der Waals surface area contributed by atoms with E-state index in [1.54, 1.807) is 31.2 Å². The van der Waals surface area contributed by atoms with Crippen LogP contribution in [0.5, 0.6) is 5.75 Å². The molecule has 1 unspecified atom stereocenters. The highest BCUT2D eigenvalue weighted by atomic mass is 32.1. The van der Waals surface area contributed by atoms with Crippen molar-refractivity contribution in [2.45, 2.75) is 19.5 Å². The molecular formula is C28H21FN2O4S. The fraction of sp³-hybridized carbons (Fsp3) is 0.107. The Hall–Kier alpha value is -4.30. The van der Waals surface area contributed by atoms with Crippen LogP contribution < -0.4 is 0 Å². The Bertz CT molecular complexity index is 1480. The summed E-state index contributed by atoms with van der Waals surface area (Å²) in [4.78, 5) is 33.3. The van der Waals surface area contributed by atoms with Gasteiger partial charge in [0.1, 0.15) is 16.6 Å². The van der Waals surface area contributed by atoms with Gasteiger partial charge in [-0.15, -0.1) is 11.3 Å². The number of thiazole rings is 1. The zero-order valence-corrected chi connectivity index (χ0v) is 20.0. The quantitative estimate of drug-likeness (QED) is 0.330. The molecule has 0 saturated heterocycles. The number of phenols is 1. The number of aliphatic hydroxyl groups excluding tert-OH is 1. The number of ketones is 1. The van der Waals surface area contributed by atoms with Gasteiger partial charge in [-0.05, 0) is 42.3 Å². The minimum Gasteiger partial charge on any atom is -0.508 e. The Balaban J connectivity index is 1.57. The number of rotatable bonds is 6. The minimum absolute atomic E-state index is 0.0278. The second-order valence-electron chi connectivity index (χ2n) is 8.44. The minimum atomic E-state index is -0.905. The Morgan fingerprint density at radius 2 is 1.67 bits per heavy atom. The van der Waals surface area contributed by atoms with Crippen molar-refractivity contribution in [1.82, 2.24) is 9.88 Å². The number of hydrogen-bond acceptors (Lipinski definition) is 6. The average Bonchev–Trinajstić information content (AvgIpc) is 3.39. The molecule has 4 aromatic rings. The molecule has 0 bridgehead atoms. The van der Waals surface area contributed by atoms with Gasteiger partial charge in [0.15, 0.2) is 5.76 Å². The van der Waals surface area contributed by atoms with E-state index in [9.17, 15) is 24.2 Å². The van der Waals surface area contributed by atoms with E-state index in [2.05, 4.69) is 4.98 Å². The first-order valence-electron chi connectivity index (χ1n) is 11.2. The third-order valence-electron chi connectivity index (χ3n) is 6.05. The maximum absolute atomic E-state index is 13.8. The first-order chi connectivity index (χ1) is 17.3. The third-order valence-corrected chi connectivity index (χ3v) is 7.25. The number of aromatic nitrogens is 1.